The predicted octanol–water partition coefficient (Wildman–Crippen LogP) is 11.3. The highest BCUT2D eigenvalue weighted by molar-refractivity contribution is 5.98. The van der Waals surface area contributed by atoms with E-state index < -0.39 is 29.4 Å². The summed E-state index contributed by atoms with van der Waals surface area (Å²) in [6.07, 6.45) is 9.19. The number of halogens is 2. The quantitative estimate of drug-likeness (QED) is 0.0240. The number of rotatable bonds is 25. The number of aryl methyl sites for hydroxylation is 4. The minimum absolute atomic E-state index is 0.0693. The van der Waals surface area contributed by atoms with Crippen LogP contribution in [0.15, 0.2) is 134 Å². The Bertz CT molecular complexity index is 4960. The van der Waals surface area contributed by atoms with Crippen molar-refractivity contribution >= 4 is 63.4 Å². The molecule has 0 aliphatic carbocycles. The van der Waals surface area contributed by atoms with Crippen molar-refractivity contribution in [1.29, 1.82) is 0 Å². The normalized spacial score (nSPS) is 17.4. The Morgan fingerprint density at radius 2 is 0.912 bits per heavy atom. The molecule has 0 saturated carbocycles. The molecule has 0 spiro atoms. The van der Waals surface area contributed by atoms with Gasteiger partial charge < -0.3 is 57.3 Å². The number of ether oxygens (including phenoxy) is 2. The molecule has 14 rings (SSSR count). The number of hydrogen-bond acceptors (Lipinski definition) is 19. The summed E-state index contributed by atoms with van der Waals surface area (Å²) in [4.78, 5) is 85.6. The molecule has 0 bridgehead atoms. The molecule has 0 unspecified atom stereocenters. The second-order valence-electron chi connectivity index (χ2n) is 29.4. The van der Waals surface area contributed by atoms with Crippen molar-refractivity contribution < 1.29 is 42.2 Å². The number of carbonyl (C=O) groups is 5. The van der Waals surface area contributed by atoms with E-state index in [-0.39, 0.29) is 66.9 Å². The Hall–Kier alpha value is -10.8. The molecular formula is C86H104F2N18O7. The van der Waals surface area contributed by atoms with Crippen molar-refractivity contribution in [1.82, 2.24) is 81.6 Å². The fourth-order valence-electron chi connectivity index (χ4n) is 15.0. The first-order valence-electron chi connectivity index (χ1n) is 39.5. The van der Waals surface area contributed by atoms with E-state index in [1.807, 2.05) is 67.7 Å². The lowest BCUT2D eigenvalue weighted by molar-refractivity contribution is 0.0903. The van der Waals surface area contributed by atoms with E-state index in [1.165, 1.54) is 18.2 Å². The second kappa shape index (κ2) is 39.1. The lowest BCUT2D eigenvalue weighted by Crippen LogP contribution is -2.53. The summed E-state index contributed by atoms with van der Waals surface area (Å²) in [5, 5.41) is 40.4. The Morgan fingerprint density at radius 3 is 1.33 bits per heavy atom. The van der Waals surface area contributed by atoms with Crippen LogP contribution in [0.2, 0.25) is 0 Å². The van der Waals surface area contributed by atoms with Crippen molar-refractivity contribution in [2.45, 2.75) is 176 Å². The number of nitrogens with one attached hydrogen (secondary N) is 9. The van der Waals surface area contributed by atoms with Gasteiger partial charge in [-0.1, -0.05) is 74.5 Å². The third-order valence-corrected chi connectivity index (χ3v) is 20.7. The zero-order valence-electron chi connectivity index (χ0n) is 65.7. The lowest BCUT2D eigenvalue weighted by atomic mass is 9.99. The monoisotopic (exact) mass is 1540 g/mol. The largest absolute Gasteiger partial charge is 0.381 e. The topological polar surface area (TPSA) is 303 Å². The molecule has 4 aliphatic heterocycles. The van der Waals surface area contributed by atoms with E-state index in [1.54, 1.807) is 78.9 Å². The van der Waals surface area contributed by atoms with Crippen LogP contribution in [-0.2, 0) is 68.1 Å². The Balaban J connectivity index is 0.000000191. The van der Waals surface area contributed by atoms with Crippen LogP contribution in [0.4, 0.5) is 20.2 Å². The van der Waals surface area contributed by atoms with Gasteiger partial charge in [0.1, 0.15) is 40.7 Å². The zero-order valence-corrected chi connectivity index (χ0v) is 65.7. The first-order chi connectivity index (χ1) is 54.8. The van der Waals surface area contributed by atoms with E-state index in [9.17, 15) is 28.4 Å². The van der Waals surface area contributed by atoms with Gasteiger partial charge in [0.25, 0.3) is 23.6 Å². The first kappa shape index (κ1) is 81.7. The molecule has 4 saturated heterocycles. The van der Waals surface area contributed by atoms with E-state index >= 15 is 4.39 Å². The number of aromatic nitrogens is 8. The van der Waals surface area contributed by atoms with Crippen LogP contribution < -0.4 is 47.9 Å². The number of nitrogens with zero attached hydrogens (tertiary/aromatic N) is 9. The van der Waals surface area contributed by atoms with Gasteiger partial charge in [-0.2, -0.15) is 10.2 Å². The van der Waals surface area contributed by atoms with Gasteiger partial charge in [0, 0.05) is 174 Å². The van der Waals surface area contributed by atoms with Gasteiger partial charge in [-0.3, -0.25) is 28.9 Å². The number of anilines is 2. The van der Waals surface area contributed by atoms with Crippen LogP contribution in [0.1, 0.15) is 173 Å². The van der Waals surface area contributed by atoms with Crippen LogP contribution >= 0.6 is 0 Å². The highest BCUT2D eigenvalue weighted by atomic mass is 19.1. The van der Waals surface area contributed by atoms with Gasteiger partial charge in [-0.25, -0.2) is 38.1 Å². The Kier molecular flexibility index (Phi) is 28.3. The minimum Gasteiger partial charge on any atom is -0.381 e. The highest BCUT2D eigenvalue weighted by Gasteiger charge is 2.27. The molecule has 4 aliphatic rings. The fourth-order valence-corrected chi connectivity index (χ4v) is 15.0. The van der Waals surface area contributed by atoms with Crippen LogP contribution in [0.25, 0.3) is 44.3 Å². The maximum Gasteiger partial charge on any atom is 0.270 e. The first-order valence-corrected chi connectivity index (χ1v) is 39.5. The van der Waals surface area contributed by atoms with Crippen molar-refractivity contribution in [3.8, 4) is 22.3 Å². The number of hydrogen-bond donors (Lipinski definition) is 9. The molecule has 0 radical (unpaired) electrons. The molecule has 4 fully saturated rings. The highest BCUT2D eigenvalue weighted by Crippen LogP contribution is 2.35. The summed E-state index contributed by atoms with van der Waals surface area (Å²) in [5.74, 6) is -2.53. The SMILES string of the molecule is CCc1nc2c(cnn2CC)c(NC2CCOCC2)c1CNC(=O)c1cccc(C(=O)NCc2ccc(F)c(-c3cccc(C=O)c3)c2)n1.CCc1nc2c(cnn2CC)c(NC2CCOCC2)c1CNC(=O)c1cccc(C(=O)NCc2ccc(F)c(-c3cccc(CN4C[C@@H](C)N[C@@H](C)C4)c3)c2)n1.C[C@@H]1CNC[C@H](C)N1. The van der Waals surface area contributed by atoms with Gasteiger partial charge in [0.2, 0.25) is 0 Å². The molecule has 10 heterocycles. The summed E-state index contributed by atoms with van der Waals surface area (Å²) < 4.78 is 44.8. The molecule has 6 aromatic heterocycles. The minimum atomic E-state index is -0.484. The van der Waals surface area contributed by atoms with Gasteiger partial charge in [-0.15, -0.1) is 0 Å². The van der Waals surface area contributed by atoms with E-state index in [0.717, 1.165) is 131 Å². The van der Waals surface area contributed by atoms with Gasteiger partial charge in [0.15, 0.2) is 11.3 Å². The van der Waals surface area contributed by atoms with Crippen LogP contribution in [0.5, 0.6) is 0 Å². The standard InChI is InChI=1S/C43H52FN9O3.C37H38FN7O4.C6H14N2/c1-5-37-34(40(49-32-15-17-56-18-16-32)35-23-47-53(6-2)41(35)51-37)22-46-43(55)39-12-8-11-38(50-39)42(54)45-21-29-13-14-36(44)33(20-29)31-10-7-9-30(19-31)26-52-24-27(3)48-28(4)25-52;1-3-31-28(34(42-26-13-15-49-16-14-26)29-21-41-45(4-2)35(29)44-31)20-40-37(48)33-10-6-9-32(43-33)36(47)39-19-23-11-12-30(38)27(18-23)25-8-5-7-24(17-25)22-46;1-5-3-7-4-6(2)8-5/h7-14,19-20,23,27-28,32,48H,5-6,15-18,21-22,24-26H2,1-4H3,(H,45,54)(H,46,55)(H,49,51);5-12,17-18,21-22,26H,3-4,13-16,19-20H2,1-2H3,(H,39,47)(H,40,48)(H,42,44);5-8H,3-4H2,1-2H3/t27-,28+;;5-,6+. The Morgan fingerprint density at radius 1 is 0.496 bits per heavy atom. The molecule has 27 heteroatoms. The van der Waals surface area contributed by atoms with Crippen LogP contribution in [0.3, 0.4) is 0 Å². The smallest absolute Gasteiger partial charge is 0.270 e. The molecule has 4 atom stereocenters. The van der Waals surface area contributed by atoms with Crippen LogP contribution in [0, 0.1) is 11.6 Å². The van der Waals surface area contributed by atoms with Gasteiger partial charge >= 0.3 is 0 Å². The summed E-state index contributed by atoms with van der Waals surface area (Å²) in [6.45, 7) is 26.7. The molecule has 10 aromatic rings. The van der Waals surface area contributed by atoms with Gasteiger partial charge in [-0.05, 0) is 169 Å². The van der Waals surface area contributed by atoms with Crippen molar-refractivity contribution in [3.63, 3.8) is 0 Å². The molecule has 113 heavy (non-hydrogen) atoms. The number of benzene rings is 4. The maximum atomic E-state index is 15.2. The van der Waals surface area contributed by atoms with E-state index in [2.05, 4.69) is 107 Å². The molecule has 25 nitrogen and oxygen atoms in total. The molecule has 594 valence electrons. The number of aldehydes is 1. The lowest BCUT2D eigenvalue weighted by Gasteiger charge is -2.36. The molecule has 4 amide bonds. The number of carbonyl (C=O) groups excluding carboxylic acids is 5. The number of amides is 4. The zero-order chi connectivity index (χ0) is 79.5. The Labute approximate surface area is 658 Å². The van der Waals surface area contributed by atoms with Crippen LogP contribution in [-0.4, -0.2) is 163 Å². The van der Waals surface area contributed by atoms with E-state index in [4.69, 9.17) is 19.4 Å². The third kappa shape index (κ3) is 21.1. The number of fused-ring (bicyclic) bond motifs is 2. The molecule has 9 N–H and O–H groups in total. The van der Waals surface area contributed by atoms with Crippen molar-refractivity contribution in [2.75, 3.05) is 63.2 Å². The average molecular weight is 1540 g/mol. The summed E-state index contributed by atoms with van der Waals surface area (Å²) in [7, 11) is 0. The summed E-state index contributed by atoms with van der Waals surface area (Å²) in [6, 6.07) is 36.1. The second-order valence-corrected chi connectivity index (χ2v) is 29.4. The number of pyridine rings is 4. The summed E-state index contributed by atoms with van der Waals surface area (Å²) in [5.41, 5.74) is 12.5. The van der Waals surface area contributed by atoms with Gasteiger partial charge in [0.05, 0.1) is 34.5 Å². The number of piperazine rings is 2. The molecular weight excluding hydrogens is 1440 g/mol. The summed E-state index contributed by atoms with van der Waals surface area (Å²) >= 11 is 0. The molecule has 4 aromatic carbocycles. The van der Waals surface area contributed by atoms with Crippen molar-refractivity contribution in [3.05, 3.63) is 213 Å². The maximum absolute atomic E-state index is 15.2. The average Bonchev–Trinajstić information content (AvgIpc) is 1.66. The fraction of sp³-hybridized carbons (Fsp3) is 0.407. The van der Waals surface area contributed by atoms with Crippen molar-refractivity contribution in [2.24, 2.45) is 0 Å². The third-order valence-electron chi connectivity index (χ3n) is 20.7. The predicted molar refractivity (Wildman–Crippen MR) is 435 cm³/mol. The van der Waals surface area contributed by atoms with E-state index in [0.29, 0.717) is 111 Å².